The van der Waals surface area contributed by atoms with E-state index in [0.717, 1.165) is 14.7 Å². The Hall–Kier alpha value is -0.720. The molecule has 2 rings (SSSR count). The van der Waals surface area contributed by atoms with E-state index in [1.807, 2.05) is 18.2 Å². The van der Waals surface area contributed by atoms with Gasteiger partial charge in [-0.25, -0.2) is 0 Å². The molecule has 0 aliphatic heterocycles. The van der Waals surface area contributed by atoms with Gasteiger partial charge in [-0.2, -0.15) is 0 Å². The highest BCUT2D eigenvalue weighted by molar-refractivity contribution is 9.13. The predicted molar refractivity (Wildman–Crippen MR) is 80.0 cm³/mol. The van der Waals surface area contributed by atoms with Crippen LogP contribution < -0.4 is 5.32 Å². The number of pyridine rings is 1. The molecule has 0 unspecified atom stereocenters. The second kappa shape index (κ2) is 6.45. The predicted octanol–water partition coefficient (Wildman–Crippen LogP) is 3.64. The van der Waals surface area contributed by atoms with Gasteiger partial charge in [0.25, 0.3) is 5.91 Å². The van der Waals surface area contributed by atoms with Crippen molar-refractivity contribution in [2.24, 2.45) is 0 Å². The number of nitrogens with one attached hydrogen (secondary N) is 1. The third-order valence-corrected chi connectivity index (χ3v) is 5.57. The van der Waals surface area contributed by atoms with Gasteiger partial charge in [0.2, 0.25) is 0 Å². The lowest BCUT2D eigenvalue weighted by atomic mass is 10.2. The number of carbonyl (C=O) groups is 1. The van der Waals surface area contributed by atoms with Crippen molar-refractivity contribution in [2.45, 2.75) is 6.42 Å². The van der Waals surface area contributed by atoms with Gasteiger partial charge in [0.15, 0.2) is 0 Å². The molecule has 2 aromatic rings. The van der Waals surface area contributed by atoms with Crippen molar-refractivity contribution >= 4 is 49.1 Å². The van der Waals surface area contributed by atoms with E-state index in [0.29, 0.717) is 11.4 Å². The second-order valence-corrected chi connectivity index (χ2v) is 6.82. The fraction of sp³-hybridized carbons (Fsp3) is 0.167. The fourth-order valence-corrected chi connectivity index (χ4v) is 3.37. The Morgan fingerprint density at radius 3 is 2.67 bits per heavy atom. The van der Waals surface area contributed by atoms with Gasteiger partial charge in [-0.05, 0) is 62.0 Å². The Morgan fingerprint density at radius 2 is 2.06 bits per heavy atom. The summed E-state index contributed by atoms with van der Waals surface area (Å²) in [5.41, 5.74) is 1.17. The number of nitrogens with zero attached hydrogens (tertiary/aromatic N) is 1. The Labute approximate surface area is 126 Å². The van der Waals surface area contributed by atoms with E-state index in [2.05, 4.69) is 42.2 Å². The molecule has 2 aromatic heterocycles. The zero-order valence-electron chi connectivity index (χ0n) is 9.32. The van der Waals surface area contributed by atoms with E-state index < -0.39 is 0 Å². The van der Waals surface area contributed by atoms with E-state index in [1.54, 1.807) is 12.4 Å². The number of aromatic nitrogens is 1. The van der Waals surface area contributed by atoms with Crippen molar-refractivity contribution in [3.8, 4) is 0 Å². The standard InChI is InChI=1S/C12H10Br2N2OS/c13-9-7-10(18-11(9)14)12(17)16-6-3-8-1-4-15-5-2-8/h1-2,4-5,7H,3,6H2,(H,16,17). The molecule has 0 aromatic carbocycles. The molecule has 94 valence electrons. The molecule has 0 bridgehead atoms. The molecular weight excluding hydrogens is 380 g/mol. The molecule has 0 atom stereocenters. The van der Waals surface area contributed by atoms with Gasteiger partial charge in [-0.1, -0.05) is 0 Å². The average Bonchev–Trinajstić information content (AvgIpc) is 2.71. The van der Waals surface area contributed by atoms with Gasteiger partial charge >= 0.3 is 0 Å². The van der Waals surface area contributed by atoms with Crippen molar-refractivity contribution in [3.05, 3.63) is 49.3 Å². The van der Waals surface area contributed by atoms with Gasteiger partial charge in [-0.3, -0.25) is 9.78 Å². The third kappa shape index (κ3) is 3.63. The van der Waals surface area contributed by atoms with Crippen molar-refractivity contribution in [1.29, 1.82) is 0 Å². The molecule has 1 N–H and O–H groups in total. The molecule has 0 saturated carbocycles. The van der Waals surface area contributed by atoms with Crippen molar-refractivity contribution in [3.63, 3.8) is 0 Å². The minimum absolute atomic E-state index is 0.0412. The minimum Gasteiger partial charge on any atom is -0.351 e. The first-order chi connectivity index (χ1) is 8.66. The first-order valence-electron chi connectivity index (χ1n) is 5.29. The highest BCUT2D eigenvalue weighted by Crippen LogP contribution is 2.32. The van der Waals surface area contributed by atoms with Gasteiger partial charge in [-0.15, -0.1) is 11.3 Å². The maximum absolute atomic E-state index is 11.8. The molecule has 0 fully saturated rings. The lowest BCUT2D eigenvalue weighted by Crippen LogP contribution is -2.24. The first kappa shape index (κ1) is 13.7. The number of thiophene rings is 1. The monoisotopic (exact) mass is 388 g/mol. The molecular formula is C12H10Br2N2OS. The molecule has 0 radical (unpaired) electrons. The van der Waals surface area contributed by atoms with Crippen LogP contribution in [0.25, 0.3) is 0 Å². The van der Waals surface area contributed by atoms with E-state index in [4.69, 9.17) is 0 Å². The molecule has 18 heavy (non-hydrogen) atoms. The number of hydrogen-bond donors (Lipinski definition) is 1. The highest BCUT2D eigenvalue weighted by atomic mass is 79.9. The summed E-state index contributed by atoms with van der Waals surface area (Å²) >= 11 is 8.16. The van der Waals surface area contributed by atoms with Crippen LogP contribution in [-0.2, 0) is 6.42 Å². The smallest absolute Gasteiger partial charge is 0.261 e. The van der Waals surface area contributed by atoms with E-state index >= 15 is 0 Å². The maximum atomic E-state index is 11.8. The van der Waals surface area contributed by atoms with E-state index in [1.165, 1.54) is 16.9 Å². The van der Waals surface area contributed by atoms with Gasteiger partial charge in [0.1, 0.15) is 0 Å². The summed E-state index contributed by atoms with van der Waals surface area (Å²) < 4.78 is 1.84. The zero-order chi connectivity index (χ0) is 13.0. The van der Waals surface area contributed by atoms with E-state index in [-0.39, 0.29) is 5.91 Å². The summed E-state index contributed by atoms with van der Waals surface area (Å²) in [6.45, 7) is 0.621. The van der Waals surface area contributed by atoms with Gasteiger partial charge < -0.3 is 5.32 Å². The molecule has 2 heterocycles. The molecule has 0 saturated heterocycles. The average molecular weight is 390 g/mol. The van der Waals surface area contributed by atoms with Gasteiger partial charge in [0.05, 0.1) is 8.66 Å². The molecule has 3 nitrogen and oxygen atoms in total. The number of carbonyl (C=O) groups excluding carboxylic acids is 1. The van der Waals surface area contributed by atoms with Crippen LogP contribution in [-0.4, -0.2) is 17.4 Å². The van der Waals surface area contributed by atoms with E-state index in [9.17, 15) is 4.79 Å². The van der Waals surface area contributed by atoms with Crippen LogP contribution in [0.4, 0.5) is 0 Å². The van der Waals surface area contributed by atoms with Crippen molar-refractivity contribution in [1.82, 2.24) is 10.3 Å². The summed E-state index contributed by atoms with van der Waals surface area (Å²) in [7, 11) is 0. The molecule has 6 heteroatoms. The molecule has 0 spiro atoms. The van der Waals surface area contributed by atoms with Crippen LogP contribution in [0, 0.1) is 0 Å². The fourth-order valence-electron chi connectivity index (χ4n) is 1.42. The quantitative estimate of drug-likeness (QED) is 0.867. The van der Waals surface area contributed by atoms with Crippen LogP contribution in [0.1, 0.15) is 15.2 Å². The lowest BCUT2D eigenvalue weighted by molar-refractivity contribution is 0.0958. The third-order valence-electron chi connectivity index (χ3n) is 2.32. The summed E-state index contributed by atoms with van der Waals surface area (Å²) in [6.07, 6.45) is 4.32. The Balaban J connectivity index is 1.85. The molecule has 0 aliphatic carbocycles. The van der Waals surface area contributed by atoms with Crippen LogP contribution in [0.2, 0.25) is 0 Å². The first-order valence-corrected chi connectivity index (χ1v) is 7.69. The Kier molecular flexibility index (Phi) is 4.91. The van der Waals surface area contributed by atoms with Crippen LogP contribution in [0.15, 0.2) is 38.9 Å². The Bertz CT molecular complexity index is 523. The number of hydrogen-bond acceptors (Lipinski definition) is 3. The number of halogens is 2. The molecule has 1 amide bonds. The SMILES string of the molecule is O=C(NCCc1ccncc1)c1cc(Br)c(Br)s1. The topological polar surface area (TPSA) is 42.0 Å². The minimum atomic E-state index is -0.0412. The maximum Gasteiger partial charge on any atom is 0.261 e. The largest absolute Gasteiger partial charge is 0.351 e. The van der Waals surface area contributed by atoms with Crippen molar-refractivity contribution < 1.29 is 4.79 Å². The highest BCUT2D eigenvalue weighted by Gasteiger charge is 2.11. The summed E-state index contributed by atoms with van der Waals surface area (Å²) in [5.74, 6) is -0.0412. The summed E-state index contributed by atoms with van der Waals surface area (Å²) in [4.78, 5) is 16.5. The van der Waals surface area contributed by atoms with Gasteiger partial charge in [0, 0.05) is 23.4 Å². The second-order valence-electron chi connectivity index (χ2n) is 3.59. The van der Waals surface area contributed by atoms with Crippen LogP contribution in [0.5, 0.6) is 0 Å². The number of rotatable bonds is 4. The van der Waals surface area contributed by atoms with Crippen LogP contribution >= 0.6 is 43.2 Å². The summed E-state index contributed by atoms with van der Waals surface area (Å²) in [6, 6.07) is 5.71. The summed E-state index contributed by atoms with van der Waals surface area (Å²) in [5, 5.41) is 2.90. The number of amides is 1. The van der Waals surface area contributed by atoms with Crippen LogP contribution in [0.3, 0.4) is 0 Å². The molecule has 0 aliphatic rings. The van der Waals surface area contributed by atoms with Crippen molar-refractivity contribution in [2.75, 3.05) is 6.54 Å². The lowest BCUT2D eigenvalue weighted by Gasteiger charge is -2.03. The normalized spacial score (nSPS) is 10.3. The Morgan fingerprint density at radius 1 is 1.33 bits per heavy atom. The zero-order valence-corrected chi connectivity index (χ0v) is 13.3.